The van der Waals surface area contributed by atoms with E-state index >= 15 is 0 Å². The Morgan fingerprint density at radius 3 is 3.07 bits per heavy atom. The van der Waals surface area contributed by atoms with Gasteiger partial charge < -0.3 is 5.32 Å². The summed E-state index contributed by atoms with van der Waals surface area (Å²) in [4.78, 5) is 0. The molecule has 1 heterocycles. The van der Waals surface area contributed by atoms with E-state index in [2.05, 4.69) is 23.2 Å². The highest BCUT2D eigenvalue weighted by molar-refractivity contribution is 7.99. The van der Waals surface area contributed by atoms with Crippen molar-refractivity contribution < 1.29 is 0 Å². The quantitative estimate of drug-likeness (QED) is 0.566. The van der Waals surface area contributed by atoms with Crippen molar-refractivity contribution in [2.24, 2.45) is 7.05 Å². The first-order chi connectivity index (χ1) is 7.24. The van der Waals surface area contributed by atoms with Crippen LogP contribution in [0.5, 0.6) is 0 Å². The summed E-state index contributed by atoms with van der Waals surface area (Å²) in [5.41, 5.74) is 2.40. The van der Waals surface area contributed by atoms with Gasteiger partial charge >= 0.3 is 0 Å². The molecule has 1 aromatic rings. The Balaban J connectivity index is 2.14. The van der Waals surface area contributed by atoms with Gasteiger partial charge in [-0.3, -0.25) is 4.68 Å². The van der Waals surface area contributed by atoms with Gasteiger partial charge in [-0.15, -0.1) is 6.58 Å². The third-order valence-corrected chi connectivity index (χ3v) is 3.05. The zero-order chi connectivity index (χ0) is 11.1. The number of hydrogen-bond acceptors (Lipinski definition) is 3. The van der Waals surface area contributed by atoms with Crippen molar-refractivity contribution >= 4 is 11.8 Å². The second kappa shape index (κ2) is 6.69. The molecule has 0 unspecified atom stereocenters. The van der Waals surface area contributed by atoms with Crippen LogP contribution in [0.1, 0.15) is 11.3 Å². The van der Waals surface area contributed by atoms with Crippen molar-refractivity contribution in [2.45, 2.75) is 13.5 Å². The fourth-order valence-corrected chi connectivity index (χ4v) is 1.98. The average Bonchev–Trinajstić information content (AvgIpc) is 2.51. The summed E-state index contributed by atoms with van der Waals surface area (Å²) >= 11 is 1.90. The van der Waals surface area contributed by atoms with Crippen molar-refractivity contribution in [3.63, 3.8) is 0 Å². The Hall–Kier alpha value is -0.740. The fraction of sp³-hybridized carbons (Fsp3) is 0.545. The summed E-state index contributed by atoms with van der Waals surface area (Å²) in [6, 6.07) is 0. The minimum absolute atomic E-state index is 0.911. The van der Waals surface area contributed by atoms with Crippen LogP contribution in [0.25, 0.3) is 0 Å². The first-order valence-corrected chi connectivity index (χ1v) is 6.28. The SMILES string of the molecule is C=CCSCCNCc1cn(C)nc1C. The number of nitrogens with one attached hydrogen (secondary N) is 1. The van der Waals surface area contributed by atoms with Gasteiger partial charge in [-0.1, -0.05) is 6.08 Å². The van der Waals surface area contributed by atoms with Crippen molar-refractivity contribution in [3.8, 4) is 0 Å². The summed E-state index contributed by atoms with van der Waals surface area (Å²) in [5, 5.41) is 7.70. The van der Waals surface area contributed by atoms with E-state index in [-0.39, 0.29) is 0 Å². The molecular weight excluding hydrogens is 206 g/mol. The topological polar surface area (TPSA) is 29.9 Å². The molecule has 15 heavy (non-hydrogen) atoms. The zero-order valence-electron chi connectivity index (χ0n) is 9.49. The fourth-order valence-electron chi connectivity index (χ4n) is 1.36. The molecule has 84 valence electrons. The van der Waals surface area contributed by atoms with Crippen LogP contribution in [-0.4, -0.2) is 27.8 Å². The van der Waals surface area contributed by atoms with E-state index in [4.69, 9.17) is 0 Å². The largest absolute Gasteiger partial charge is 0.312 e. The van der Waals surface area contributed by atoms with Crippen LogP contribution in [-0.2, 0) is 13.6 Å². The van der Waals surface area contributed by atoms with E-state index in [1.165, 1.54) is 5.56 Å². The highest BCUT2D eigenvalue weighted by atomic mass is 32.2. The number of nitrogens with zero attached hydrogens (tertiary/aromatic N) is 2. The molecule has 1 aromatic heterocycles. The van der Waals surface area contributed by atoms with Crippen molar-refractivity contribution in [2.75, 3.05) is 18.1 Å². The highest BCUT2D eigenvalue weighted by Gasteiger charge is 2.01. The Kier molecular flexibility index (Phi) is 5.50. The lowest BCUT2D eigenvalue weighted by Gasteiger charge is -2.02. The van der Waals surface area contributed by atoms with Crippen molar-refractivity contribution in [1.82, 2.24) is 15.1 Å². The molecule has 0 saturated carbocycles. The molecule has 0 aliphatic heterocycles. The van der Waals surface area contributed by atoms with E-state index in [1.54, 1.807) is 0 Å². The minimum atomic E-state index is 0.911. The van der Waals surface area contributed by atoms with Crippen LogP contribution in [0.2, 0.25) is 0 Å². The lowest BCUT2D eigenvalue weighted by molar-refractivity contribution is 0.727. The van der Waals surface area contributed by atoms with Crippen LogP contribution in [0.4, 0.5) is 0 Å². The Labute approximate surface area is 95.9 Å². The number of hydrogen-bond donors (Lipinski definition) is 1. The lowest BCUT2D eigenvalue weighted by Crippen LogP contribution is -2.16. The van der Waals surface area contributed by atoms with Crippen molar-refractivity contribution in [1.29, 1.82) is 0 Å². The summed E-state index contributed by atoms with van der Waals surface area (Å²) in [6.07, 6.45) is 4.01. The van der Waals surface area contributed by atoms with Crippen LogP contribution in [0.3, 0.4) is 0 Å². The lowest BCUT2D eigenvalue weighted by atomic mass is 10.3. The molecular formula is C11H19N3S. The molecule has 0 aromatic carbocycles. The van der Waals surface area contributed by atoms with Gasteiger partial charge in [0, 0.05) is 43.4 Å². The third kappa shape index (κ3) is 4.53. The van der Waals surface area contributed by atoms with Gasteiger partial charge in [0.2, 0.25) is 0 Å². The van der Waals surface area contributed by atoms with Crippen LogP contribution in [0.15, 0.2) is 18.9 Å². The molecule has 0 aliphatic rings. The molecule has 0 bridgehead atoms. The Morgan fingerprint density at radius 2 is 2.47 bits per heavy atom. The van der Waals surface area contributed by atoms with Gasteiger partial charge in [-0.2, -0.15) is 16.9 Å². The van der Waals surface area contributed by atoms with Gasteiger partial charge in [0.1, 0.15) is 0 Å². The maximum atomic E-state index is 4.30. The van der Waals surface area contributed by atoms with Gasteiger partial charge in [0.15, 0.2) is 0 Å². The van der Waals surface area contributed by atoms with Gasteiger partial charge in [0.05, 0.1) is 5.69 Å². The Morgan fingerprint density at radius 1 is 1.67 bits per heavy atom. The Bertz CT molecular complexity index is 307. The van der Waals surface area contributed by atoms with Gasteiger partial charge in [0.25, 0.3) is 0 Å². The smallest absolute Gasteiger partial charge is 0.0638 e. The predicted molar refractivity (Wildman–Crippen MR) is 67.2 cm³/mol. The first kappa shape index (κ1) is 12.3. The number of rotatable bonds is 7. The number of aryl methyl sites for hydroxylation is 2. The van der Waals surface area contributed by atoms with E-state index < -0.39 is 0 Å². The molecule has 0 amide bonds. The van der Waals surface area contributed by atoms with E-state index in [1.807, 2.05) is 36.5 Å². The number of aromatic nitrogens is 2. The molecule has 0 saturated heterocycles. The molecule has 0 fully saturated rings. The summed E-state index contributed by atoms with van der Waals surface area (Å²) < 4.78 is 1.86. The summed E-state index contributed by atoms with van der Waals surface area (Å²) in [7, 11) is 1.95. The summed E-state index contributed by atoms with van der Waals surface area (Å²) in [6.45, 7) is 7.68. The monoisotopic (exact) mass is 225 g/mol. The summed E-state index contributed by atoms with van der Waals surface area (Å²) in [5.74, 6) is 2.17. The maximum Gasteiger partial charge on any atom is 0.0638 e. The second-order valence-electron chi connectivity index (χ2n) is 3.45. The predicted octanol–water partition coefficient (Wildman–Crippen LogP) is 1.74. The van der Waals surface area contributed by atoms with E-state index in [9.17, 15) is 0 Å². The van der Waals surface area contributed by atoms with Crippen LogP contribution in [0, 0.1) is 6.92 Å². The zero-order valence-corrected chi connectivity index (χ0v) is 10.3. The third-order valence-electron chi connectivity index (χ3n) is 2.09. The van der Waals surface area contributed by atoms with Crippen LogP contribution < -0.4 is 5.32 Å². The highest BCUT2D eigenvalue weighted by Crippen LogP contribution is 2.04. The molecule has 1 N–H and O–H groups in total. The van der Waals surface area contributed by atoms with Gasteiger partial charge in [-0.25, -0.2) is 0 Å². The van der Waals surface area contributed by atoms with Crippen molar-refractivity contribution in [3.05, 3.63) is 30.1 Å². The molecule has 0 spiro atoms. The van der Waals surface area contributed by atoms with Gasteiger partial charge in [-0.05, 0) is 6.92 Å². The molecule has 0 aliphatic carbocycles. The average molecular weight is 225 g/mol. The molecule has 0 radical (unpaired) electrons. The molecule has 0 atom stereocenters. The van der Waals surface area contributed by atoms with Crippen LogP contribution >= 0.6 is 11.8 Å². The maximum absolute atomic E-state index is 4.30. The molecule has 3 nitrogen and oxygen atoms in total. The van der Waals surface area contributed by atoms with E-state index in [0.717, 1.165) is 30.3 Å². The second-order valence-corrected chi connectivity index (χ2v) is 4.60. The normalized spacial score (nSPS) is 10.5. The standard InChI is InChI=1S/C11H19N3S/c1-4-6-15-7-5-12-8-11-9-14(3)13-10(11)2/h4,9,12H,1,5-8H2,2-3H3. The molecule has 4 heteroatoms. The first-order valence-electron chi connectivity index (χ1n) is 5.12. The minimum Gasteiger partial charge on any atom is -0.312 e. The molecule has 1 rings (SSSR count). The van der Waals surface area contributed by atoms with E-state index in [0.29, 0.717) is 0 Å². The number of thioether (sulfide) groups is 1.